The lowest BCUT2D eigenvalue weighted by Gasteiger charge is -2.17. The lowest BCUT2D eigenvalue weighted by Crippen LogP contribution is -2.30. The van der Waals surface area contributed by atoms with Crippen molar-refractivity contribution in [3.05, 3.63) is 58.5 Å². The Hall–Kier alpha value is -3.02. The minimum Gasteiger partial charge on any atom is -0.350 e. The van der Waals surface area contributed by atoms with Crippen LogP contribution in [0.3, 0.4) is 0 Å². The van der Waals surface area contributed by atoms with E-state index < -0.39 is 0 Å². The molecule has 6 heteroatoms. The monoisotopic (exact) mass is 376 g/mol. The molecule has 1 aromatic carbocycles. The molecular formula is C22H24N4O2. The Bertz CT molecular complexity index is 1060. The van der Waals surface area contributed by atoms with E-state index in [0.717, 1.165) is 25.7 Å². The lowest BCUT2D eigenvalue weighted by molar-refractivity contribution is 0.0943. The SMILES string of the molecule is CC(C)NC(=O)c1ccc(-c2nc3cccnc3n(C3CCCC3)c2=O)cc1. The van der Waals surface area contributed by atoms with Crippen molar-refractivity contribution in [2.24, 2.45) is 0 Å². The molecule has 2 heterocycles. The largest absolute Gasteiger partial charge is 0.350 e. The third kappa shape index (κ3) is 3.42. The van der Waals surface area contributed by atoms with E-state index >= 15 is 0 Å². The first kappa shape index (κ1) is 18.3. The van der Waals surface area contributed by atoms with E-state index in [9.17, 15) is 9.59 Å². The first-order chi connectivity index (χ1) is 13.5. The highest BCUT2D eigenvalue weighted by Crippen LogP contribution is 2.30. The normalized spacial score (nSPS) is 14.7. The van der Waals surface area contributed by atoms with Gasteiger partial charge in [-0.25, -0.2) is 9.97 Å². The maximum absolute atomic E-state index is 13.3. The van der Waals surface area contributed by atoms with Gasteiger partial charge in [0, 0.05) is 29.4 Å². The lowest BCUT2D eigenvalue weighted by atomic mass is 10.1. The van der Waals surface area contributed by atoms with Gasteiger partial charge in [0.1, 0.15) is 11.2 Å². The molecule has 0 bridgehead atoms. The second-order valence-corrected chi connectivity index (χ2v) is 7.63. The third-order valence-electron chi connectivity index (χ3n) is 5.18. The summed E-state index contributed by atoms with van der Waals surface area (Å²) < 4.78 is 1.82. The van der Waals surface area contributed by atoms with E-state index in [1.807, 2.05) is 30.5 Å². The number of fused-ring (bicyclic) bond motifs is 1. The van der Waals surface area contributed by atoms with Gasteiger partial charge in [0.15, 0.2) is 5.65 Å². The summed E-state index contributed by atoms with van der Waals surface area (Å²) in [6.07, 6.45) is 5.94. The molecule has 1 aliphatic carbocycles. The Morgan fingerprint density at radius 2 is 1.86 bits per heavy atom. The molecule has 1 fully saturated rings. The molecular weight excluding hydrogens is 352 g/mol. The van der Waals surface area contributed by atoms with Crippen molar-refractivity contribution in [2.45, 2.75) is 51.6 Å². The summed E-state index contributed by atoms with van der Waals surface area (Å²) in [5, 5.41) is 2.87. The molecule has 1 aliphatic rings. The molecule has 1 N–H and O–H groups in total. The molecule has 1 amide bonds. The van der Waals surface area contributed by atoms with Gasteiger partial charge in [-0.1, -0.05) is 25.0 Å². The average molecular weight is 376 g/mol. The zero-order valence-corrected chi connectivity index (χ0v) is 16.2. The number of pyridine rings is 1. The minimum atomic E-state index is -0.124. The summed E-state index contributed by atoms with van der Waals surface area (Å²) in [7, 11) is 0. The maximum atomic E-state index is 13.3. The summed E-state index contributed by atoms with van der Waals surface area (Å²) in [5.74, 6) is -0.124. The van der Waals surface area contributed by atoms with Gasteiger partial charge >= 0.3 is 0 Å². The molecule has 0 unspecified atom stereocenters. The van der Waals surface area contributed by atoms with Gasteiger partial charge in [-0.3, -0.25) is 14.2 Å². The quantitative estimate of drug-likeness (QED) is 0.753. The maximum Gasteiger partial charge on any atom is 0.278 e. The Morgan fingerprint density at radius 3 is 2.54 bits per heavy atom. The van der Waals surface area contributed by atoms with Crippen LogP contribution in [0, 0.1) is 0 Å². The van der Waals surface area contributed by atoms with Crippen molar-refractivity contribution in [1.29, 1.82) is 0 Å². The average Bonchev–Trinajstić information content (AvgIpc) is 3.21. The highest BCUT2D eigenvalue weighted by Gasteiger charge is 2.23. The van der Waals surface area contributed by atoms with Crippen LogP contribution >= 0.6 is 0 Å². The first-order valence-electron chi connectivity index (χ1n) is 9.83. The number of amides is 1. The predicted octanol–water partition coefficient (Wildman–Crippen LogP) is 3.71. The fraction of sp³-hybridized carbons (Fsp3) is 0.364. The molecule has 28 heavy (non-hydrogen) atoms. The van der Waals surface area contributed by atoms with Crippen molar-refractivity contribution in [3.63, 3.8) is 0 Å². The number of nitrogens with zero attached hydrogens (tertiary/aromatic N) is 3. The predicted molar refractivity (Wildman–Crippen MR) is 109 cm³/mol. The van der Waals surface area contributed by atoms with E-state index in [0.29, 0.717) is 28.0 Å². The fourth-order valence-electron chi connectivity index (χ4n) is 3.85. The molecule has 6 nitrogen and oxygen atoms in total. The van der Waals surface area contributed by atoms with Crippen LogP contribution in [-0.2, 0) is 0 Å². The zero-order chi connectivity index (χ0) is 19.7. The highest BCUT2D eigenvalue weighted by atomic mass is 16.1. The Kier molecular flexibility index (Phi) is 4.94. The van der Waals surface area contributed by atoms with Gasteiger partial charge in [0.2, 0.25) is 0 Å². The van der Waals surface area contributed by atoms with Crippen LogP contribution in [0.2, 0.25) is 0 Å². The van der Waals surface area contributed by atoms with Crippen LogP contribution in [0.5, 0.6) is 0 Å². The number of nitrogens with one attached hydrogen (secondary N) is 1. The number of carbonyl (C=O) groups excluding carboxylic acids is 1. The van der Waals surface area contributed by atoms with Crippen LogP contribution in [0.4, 0.5) is 0 Å². The summed E-state index contributed by atoms with van der Waals surface area (Å²) in [6, 6.07) is 11.0. The van der Waals surface area contributed by atoms with E-state index in [2.05, 4.69) is 15.3 Å². The fourth-order valence-corrected chi connectivity index (χ4v) is 3.85. The molecule has 3 aromatic rings. The van der Waals surface area contributed by atoms with Crippen molar-refractivity contribution in [1.82, 2.24) is 19.9 Å². The van der Waals surface area contributed by atoms with Gasteiger partial charge in [-0.2, -0.15) is 0 Å². The molecule has 0 atom stereocenters. The Balaban J connectivity index is 1.80. The third-order valence-corrected chi connectivity index (χ3v) is 5.18. The van der Waals surface area contributed by atoms with Gasteiger partial charge in [-0.05, 0) is 51.0 Å². The van der Waals surface area contributed by atoms with E-state index in [1.54, 1.807) is 30.5 Å². The second-order valence-electron chi connectivity index (χ2n) is 7.63. The van der Waals surface area contributed by atoms with Crippen LogP contribution in [0.1, 0.15) is 55.9 Å². The number of hydrogen-bond acceptors (Lipinski definition) is 4. The van der Waals surface area contributed by atoms with E-state index in [4.69, 9.17) is 0 Å². The van der Waals surface area contributed by atoms with Gasteiger partial charge in [0.25, 0.3) is 11.5 Å². The number of benzene rings is 1. The standard InChI is InChI=1S/C22H24N4O2/c1-14(2)24-21(27)16-11-9-15(10-12-16)19-22(28)26(17-6-3-4-7-17)20-18(25-19)8-5-13-23-20/h5,8-14,17H,3-4,6-7H2,1-2H3,(H,24,27). The Morgan fingerprint density at radius 1 is 1.14 bits per heavy atom. The van der Waals surface area contributed by atoms with Crippen molar-refractivity contribution in [3.8, 4) is 11.3 Å². The molecule has 0 radical (unpaired) electrons. The molecule has 0 spiro atoms. The highest BCUT2D eigenvalue weighted by molar-refractivity contribution is 5.94. The van der Waals surface area contributed by atoms with Crippen molar-refractivity contribution < 1.29 is 4.79 Å². The molecule has 4 rings (SSSR count). The van der Waals surface area contributed by atoms with Crippen molar-refractivity contribution >= 4 is 17.1 Å². The molecule has 144 valence electrons. The number of carbonyl (C=O) groups is 1. The molecule has 1 saturated carbocycles. The first-order valence-corrected chi connectivity index (χ1v) is 9.83. The smallest absolute Gasteiger partial charge is 0.278 e. The zero-order valence-electron chi connectivity index (χ0n) is 16.2. The van der Waals surface area contributed by atoms with Crippen LogP contribution in [0.25, 0.3) is 22.4 Å². The van der Waals surface area contributed by atoms with Gasteiger partial charge < -0.3 is 5.32 Å². The van der Waals surface area contributed by atoms with Gasteiger partial charge in [0.05, 0.1) is 0 Å². The van der Waals surface area contributed by atoms with Gasteiger partial charge in [-0.15, -0.1) is 0 Å². The van der Waals surface area contributed by atoms with E-state index in [1.165, 1.54) is 0 Å². The summed E-state index contributed by atoms with van der Waals surface area (Å²) in [5.41, 5.74) is 2.93. The molecule has 2 aromatic heterocycles. The van der Waals surface area contributed by atoms with Crippen LogP contribution < -0.4 is 10.9 Å². The Labute approximate surface area is 163 Å². The molecule has 0 saturated heterocycles. The van der Waals surface area contributed by atoms with Crippen LogP contribution in [0.15, 0.2) is 47.4 Å². The summed E-state index contributed by atoms with van der Waals surface area (Å²) in [4.78, 5) is 34.5. The van der Waals surface area contributed by atoms with Crippen LogP contribution in [-0.4, -0.2) is 26.5 Å². The second kappa shape index (κ2) is 7.54. The number of hydrogen-bond donors (Lipinski definition) is 1. The number of rotatable bonds is 4. The number of aromatic nitrogens is 3. The molecule has 0 aliphatic heterocycles. The van der Waals surface area contributed by atoms with E-state index in [-0.39, 0.29) is 23.6 Å². The minimum absolute atomic E-state index is 0.0699. The summed E-state index contributed by atoms with van der Waals surface area (Å²) in [6.45, 7) is 3.84. The summed E-state index contributed by atoms with van der Waals surface area (Å²) >= 11 is 0. The topological polar surface area (TPSA) is 76.9 Å². The van der Waals surface area contributed by atoms with Crippen molar-refractivity contribution in [2.75, 3.05) is 0 Å².